The fourth-order valence-electron chi connectivity index (χ4n) is 4.12. The first kappa shape index (κ1) is 22.1. The number of pyridine rings is 1. The van der Waals surface area contributed by atoms with Crippen molar-refractivity contribution in [3.63, 3.8) is 0 Å². The van der Waals surface area contributed by atoms with Gasteiger partial charge in [0.15, 0.2) is 5.82 Å². The average molecular weight is 469 g/mol. The van der Waals surface area contributed by atoms with Gasteiger partial charge in [-0.05, 0) is 49.4 Å². The Morgan fingerprint density at radius 2 is 1.83 bits per heavy atom. The molecule has 3 heterocycles. The van der Waals surface area contributed by atoms with Gasteiger partial charge < -0.3 is 20.1 Å². The van der Waals surface area contributed by atoms with E-state index in [9.17, 15) is 4.79 Å². The highest BCUT2D eigenvalue weighted by atomic mass is 16.5. The standard InChI is InChI=1S/C26H24N6O3/c1-16-22(25(33)29-18-7-6-14-27-15-18)23(20-8-4-5-9-21(20)35-3)32-26(28-16)30-24(31-32)17-10-12-19(34-2)13-11-17/h4-15,23H,1-3H3,(H,29,33)(H,28,30,31)/t23-/m1/s1. The largest absolute Gasteiger partial charge is 0.497 e. The summed E-state index contributed by atoms with van der Waals surface area (Å²) in [6, 6.07) is 18.1. The molecule has 0 aliphatic carbocycles. The molecule has 9 heteroatoms. The highest BCUT2D eigenvalue weighted by Gasteiger charge is 2.36. The molecule has 1 amide bonds. The summed E-state index contributed by atoms with van der Waals surface area (Å²) in [7, 11) is 3.23. The summed E-state index contributed by atoms with van der Waals surface area (Å²) in [4.78, 5) is 22.4. The first-order valence-corrected chi connectivity index (χ1v) is 11.0. The first-order valence-electron chi connectivity index (χ1n) is 11.0. The number of rotatable bonds is 6. The number of carbonyl (C=O) groups excluding carboxylic acids is 1. The van der Waals surface area contributed by atoms with E-state index in [0.29, 0.717) is 34.5 Å². The third-order valence-corrected chi connectivity index (χ3v) is 5.80. The summed E-state index contributed by atoms with van der Waals surface area (Å²) in [5.74, 6) is 2.17. The normalized spacial score (nSPS) is 14.7. The molecule has 176 valence electrons. The Hall–Kier alpha value is -4.66. The van der Waals surface area contributed by atoms with E-state index in [-0.39, 0.29) is 5.91 Å². The predicted molar refractivity (Wildman–Crippen MR) is 132 cm³/mol. The number of benzene rings is 2. The molecule has 0 unspecified atom stereocenters. The molecule has 0 spiro atoms. The molecule has 0 fully saturated rings. The molecule has 1 aliphatic heterocycles. The van der Waals surface area contributed by atoms with Crippen LogP contribution in [-0.4, -0.2) is 39.9 Å². The van der Waals surface area contributed by atoms with Crippen LogP contribution in [0.25, 0.3) is 11.4 Å². The Morgan fingerprint density at radius 1 is 1.03 bits per heavy atom. The van der Waals surface area contributed by atoms with E-state index < -0.39 is 6.04 Å². The summed E-state index contributed by atoms with van der Waals surface area (Å²) in [6.07, 6.45) is 3.26. The van der Waals surface area contributed by atoms with Gasteiger partial charge in [-0.15, -0.1) is 5.10 Å². The van der Waals surface area contributed by atoms with Crippen LogP contribution in [0, 0.1) is 0 Å². The summed E-state index contributed by atoms with van der Waals surface area (Å²) in [5, 5.41) is 11.0. The number of nitrogens with zero attached hydrogens (tertiary/aromatic N) is 4. The minimum absolute atomic E-state index is 0.272. The number of ether oxygens (including phenoxy) is 2. The minimum atomic E-state index is -0.571. The fraction of sp³-hybridized carbons (Fsp3) is 0.154. The summed E-state index contributed by atoms with van der Waals surface area (Å²) in [5.41, 5.74) is 3.38. The molecule has 2 aromatic heterocycles. The lowest BCUT2D eigenvalue weighted by atomic mass is 9.94. The number of hydrogen-bond donors (Lipinski definition) is 2. The Labute approximate surface area is 202 Å². The smallest absolute Gasteiger partial charge is 0.255 e. The van der Waals surface area contributed by atoms with Crippen LogP contribution in [0.4, 0.5) is 11.6 Å². The lowest BCUT2D eigenvalue weighted by Crippen LogP contribution is -2.31. The van der Waals surface area contributed by atoms with Gasteiger partial charge in [-0.3, -0.25) is 9.78 Å². The van der Waals surface area contributed by atoms with Gasteiger partial charge in [0.2, 0.25) is 5.95 Å². The Morgan fingerprint density at radius 3 is 2.54 bits per heavy atom. The van der Waals surface area contributed by atoms with Crippen molar-refractivity contribution in [3.05, 3.63) is 89.9 Å². The number of fused-ring (bicyclic) bond motifs is 1. The fourth-order valence-corrected chi connectivity index (χ4v) is 4.12. The van der Waals surface area contributed by atoms with Crippen LogP contribution < -0.4 is 20.1 Å². The number of carbonyl (C=O) groups is 1. The third-order valence-electron chi connectivity index (χ3n) is 5.80. The molecule has 1 aliphatic rings. The summed E-state index contributed by atoms with van der Waals surface area (Å²) < 4.78 is 12.6. The number of para-hydroxylation sites is 1. The van der Waals surface area contributed by atoms with Crippen molar-refractivity contribution in [2.45, 2.75) is 13.0 Å². The van der Waals surface area contributed by atoms with Gasteiger partial charge in [-0.1, -0.05) is 18.2 Å². The van der Waals surface area contributed by atoms with Gasteiger partial charge in [0, 0.05) is 23.0 Å². The molecule has 9 nitrogen and oxygen atoms in total. The van der Waals surface area contributed by atoms with Crippen LogP contribution in [0.5, 0.6) is 11.5 Å². The Bertz CT molecular complexity index is 1400. The van der Waals surface area contributed by atoms with Crippen molar-refractivity contribution < 1.29 is 14.3 Å². The molecule has 5 rings (SSSR count). The highest BCUT2D eigenvalue weighted by Crippen LogP contribution is 2.40. The number of aromatic nitrogens is 4. The molecular formula is C26H24N6O3. The highest BCUT2D eigenvalue weighted by molar-refractivity contribution is 6.06. The molecule has 0 saturated carbocycles. The quantitative estimate of drug-likeness (QED) is 0.435. The molecule has 4 aromatic rings. The van der Waals surface area contributed by atoms with Crippen molar-refractivity contribution in [2.75, 3.05) is 24.9 Å². The van der Waals surface area contributed by atoms with Crippen molar-refractivity contribution >= 4 is 17.5 Å². The molecule has 2 aromatic carbocycles. The van der Waals surface area contributed by atoms with Crippen LogP contribution in [0.15, 0.2) is 84.3 Å². The average Bonchev–Trinajstić information content (AvgIpc) is 3.32. The van der Waals surface area contributed by atoms with E-state index in [2.05, 4.69) is 15.6 Å². The number of hydrogen-bond acceptors (Lipinski definition) is 7. The number of amides is 1. The SMILES string of the molecule is COc1ccc(-c2nc3n(n2)[C@H](c2ccccc2OC)C(C(=O)Nc2cccnc2)=C(C)N3)cc1. The van der Waals surface area contributed by atoms with Crippen molar-refractivity contribution in [1.82, 2.24) is 19.7 Å². The molecule has 0 saturated heterocycles. The Balaban J connectivity index is 1.62. The number of allylic oxidation sites excluding steroid dienone is 1. The van der Waals surface area contributed by atoms with E-state index in [1.54, 1.807) is 43.4 Å². The van der Waals surface area contributed by atoms with Gasteiger partial charge >= 0.3 is 0 Å². The van der Waals surface area contributed by atoms with Crippen LogP contribution in [0.1, 0.15) is 18.5 Å². The molecule has 0 bridgehead atoms. The lowest BCUT2D eigenvalue weighted by molar-refractivity contribution is -0.113. The van der Waals surface area contributed by atoms with Gasteiger partial charge in [0.05, 0.1) is 31.7 Å². The van der Waals surface area contributed by atoms with Gasteiger partial charge in [0.1, 0.15) is 17.5 Å². The molecule has 1 atom stereocenters. The number of anilines is 2. The molecule has 2 N–H and O–H groups in total. The maximum absolute atomic E-state index is 13.6. The Kier molecular flexibility index (Phi) is 5.88. The van der Waals surface area contributed by atoms with Crippen molar-refractivity contribution in [2.24, 2.45) is 0 Å². The van der Waals surface area contributed by atoms with Crippen LogP contribution in [0.3, 0.4) is 0 Å². The third kappa shape index (κ3) is 4.19. The van der Waals surface area contributed by atoms with E-state index in [4.69, 9.17) is 19.6 Å². The maximum atomic E-state index is 13.6. The van der Waals surface area contributed by atoms with E-state index in [0.717, 1.165) is 16.9 Å². The minimum Gasteiger partial charge on any atom is -0.497 e. The first-order chi connectivity index (χ1) is 17.1. The van der Waals surface area contributed by atoms with Gasteiger partial charge in [-0.2, -0.15) is 4.98 Å². The second-order valence-electron chi connectivity index (χ2n) is 7.94. The van der Waals surface area contributed by atoms with Crippen LogP contribution in [0.2, 0.25) is 0 Å². The molecule has 0 radical (unpaired) electrons. The second kappa shape index (κ2) is 9.30. The molecular weight excluding hydrogens is 444 g/mol. The topological polar surface area (TPSA) is 103 Å². The lowest BCUT2D eigenvalue weighted by Gasteiger charge is -2.29. The zero-order valence-electron chi connectivity index (χ0n) is 19.5. The van der Waals surface area contributed by atoms with Crippen LogP contribution in [-0.2, 0) is 4.79 Å². The summed E-state index contributed by atoms with van der Waals surface area (Å²) >= 11 is 0. The van der Waals surface area contributed by atoms with E-state index in [1.165, 1.54) is 0 Å². The summed E-state index contributed by atoms with van der Waals surface area (Å²) in [6.45, 7) is 1.85. The monoisotopic (exact) mass is 468 g/mol. The van der Waals surface area contributed by atoms with Crippen LogP contribution >= 0.6 is 0 Å². The van der Waals surface area contributed by atoms with E-state index >= 15 is 0 Å². The van der Waals surface area contributed by atoms with Crippen molar-refractivity contribution in [3.8, 4) is 22.9 Å². The second-order valence-corrected chi connectivity index (χ2v) is 7.94. The number of nitrogens with one attached hydrogen (secondary N) is 2. The van der Waals surface area contributed by atoms with Crippen molar-refractivity contribution in [1.29, 1.82) is 0 Å². The predicted octanol–water partition coefficient (Wildman–Crippen LogP) is 4.28. The zero-order chi connectivity index (χ0) is 24.4. The zero-order valence-corrected chi connectivity index (χ0v) is 19.5. The van der Waals surface area contributed by atoms with Gasteiger partial charge in [0.25, 0.3) is 5.91 Å². The van der Waals surface area contributed by atoms with E-state index in [1.807, 2.05) is 55.5 Å². The number of methoxy groups -OCH3 is 2. The van der Waals surface area contributed by atoms with Gasteiger partial charge in [-0.25, -0.2) is 4.68 Å². The maximum Gasteiger partial charge on any atom is 0.255 e. The molecule has 35 heavy (non-hydrogen) atoms.